The lowest BCUT2D eigenvalue weighted by Crippen LogP contribution is -2.22. The summed E-state index contributed by atoms with van der Waals surface area (Å²) in [5, 5.41) is 13.0. The lowest BCUT2D eigenvalue weighted by Gasteiger charge is -2.16. The zero-order chi connectivity index (χ0) is 14.2. The predicted octanol–water partition coefficient (Wildman–Crippen LogP) is 2.93. The molecule has 3 heterocycles. The number of hydrogen-bond donors (Lipinski definition) is 1. The van der Waals surface area contributed by atoms with Gasteiger partial charge in [-0.05, 0) is 35.4 Å². The van der Waals surface area contributed by atoms with Gasteiger partial charge in [-0.15, -0.1) is 11.3 Å². The molecule has 2 aromatic heterocycles. The maximum Gasteiger partial charge on any atom is 0.162 e. The van der Waals surface area contributed by atoms with E-state index >= 15 is 0 Å². The van der Waals surface area contributed by atoms with Crippen LogP contribution in [0, 0.1) is 0 Å². The third kappa shape index (κ3) is 2.28. The highest BCUT2D eigenvalue weighted by Crippen LogP contribution is 2.31. The van der Waals surface area contributed by atoms with Crippen LogP contribution >= 0.6 is 11.3 Å². The molecule has 1 aromatic carbocycles. The van der Waals surface area contributed by atoms with Crippen molar-refractivity contribution in [1.29, 1.82) is 0 Å². The highest BCUT2D eigenvalue weighted by molar-refractivity contribution is 7.17. The fraction of sp³-hybridized carbons (Fsp3) is 0.250. The Kier molecular flexibility index (Phi) is 3.09. The molecule has 0 aliphatic carbocycles. The Morgan fingerprint density at radius 3 is 3.05 bits per heavy atom. The van der Waals surface area contributed by atoms with E-state index in [2.05, 4.69) is 33.5 Å². The lowest BCUT2D eigenvalue weighted by atomic mass is 10.1. The van der Waals surface area contributed by atoms with Crippen LogP contribution in [0.25, 0.3) is 21.5 Å². The summed E-state index contributed by atoms with van der Waals surface area (Å²) < 4.78 is 1.22. The second-order valence-electron chi connectivity index (χ2n) is 5.27. The zero-order valence-electron chi connectivity index (χ0n) is 11.4. The Morgan fingerprint density at radius 2 is 2.19 bits per heavy atom. The number of aliphatic hydroxyl groups is 1. The fourth-order valence-electron chi connectivity index (χ4n) is 2.77. The number of aromatic nitrogens is 2. The molecule has 0 bridgehead atoms. The van der Waals surface area contributed by atoms with Crippen molar-refractivity contribution in [2.45, 2.75) is 12.5 Å². The van der Waals surface area contributed by atoms with E-state index in [0.29, 0.717) is 6.54 Å². The average molecular weight is 297 g/mol. The first-order valence-electron chi connectivity index (χ1n) is 7.04. The van der Waals surface area contributed by atoms with Crippen molar-refractivity contribution in [3.8, 4) is 11.4 Å². The molecule has 0 saturated carbocycles. The Hall–Kier alpha value is -1.98. The van der Waals surface area contributed by atoms with Gasteiger partial charge in [0.25, 0.3) is 0 Å². The number of nitrogens with zero attached hydrogens (tertiary/aromatic N) is 3. The molecule has 1 atom stereocenters. The second-order valence-corrected chi connectivity index (χ2v) is 6.19. The largest absolute Gasteiger partial charge is 0.391 e. The van der Waals surface area contributed by atoms with Crippen LogP contribution in [-0.2, 0) is 0 Å². The van der Waals surface area contributed by atoms with E-state index < -0.39 is 0 Å². The molecule has 5 heteroatoms. The number of anilines is 1. The predicted molar refractivity (Wildman–Crippen MR) is 85.7 cm³/mol. The molecule has 0 radical (unpaired) electrons. The first-order valence-corrected chi connectivity index (χ1v) is 7.92. The van der Waals surface area contributed by atoms with Crippen LogP contribution in [-0.4, -0.2) is 34.3 Å². The van der Waals surface area contributed by atoms with Gasteiger partial charge in [0.15, 0.2) is 5.82 Å². The summed E-state index contributed by atoms with van der Waals surface area (Å²) in [6.07, 6.45) is 2.36. The Labute approximate surface area is 126 Å². The molecule has 1 saturated heterocycles. The fourth-order valence-corrected chi connectivity index (χ4v) is 3.68. The third-order valence-electron chi connectivity index (χ3n) is 3.85. The van der Waals surface area contributed by atoms with Gasteiger partial charge in [0, 0.05) is 29.5 Å². The van der Waals surface area contributed by atoms with E-state index in [1.807, 2.05) is 12.1 Å². The lowest BCUT2D eigenvalue weighted by molar-refractivity contribution is 0.198. The van der Waals surface area contributed by atoms with Crippen molar-refractivity contribution < 1.29 is 5.11 Å². The molecule has 0 amide bonds. The van der Waals surface area contributed by atoms with E-state index in [0.717, 1.165) is 30.2 Å². The highest BCUT2D eigenvalue weighted by Gasteiger charge is 2.21. The number of hydrogen-bond acceptors (Lipinski definition) is 5. The average Bonchev–Trinajstić information content (AvgIpc) is 3.15. The van der Waals surface area contributed by atoms with Gasteiger partial charge in [0.05, 0.1) is 6.10 Å². The van der Waals surface area contributed by atoms with E-state index in [1.54, 1.807) is 17.5 Å². The molecule has 21 heavy (non-hydrogen) atoms. The molecule has 1 aliphatic rings. The van der Waals surface area contributed by atoms with Crippen LogP contribution in [0.3, 0.4) is 0 Å². The molecule has 4 nitrogen and oxygen atoms in total. The SMILES string of the molecule is OC1CCN(c2ccnc(-c3cccc4ccsc34)n2)C1. The zero-order valence-corrected chi connectivity index (χ0v) is 12.3. The number of aliphatic hydroxyl groups excluding tert-OH is 1. The summed E-state index contributed by atoms with van der Waals surface area (Å²) in [6.45, 7) is 1.50. The first kappa shape index (κ1) is 12.7. The maximum atomic E-state index is 9.68. The van der Waals surface area contributed by atoms with E-state index in [1.165, 1.54) is 10.1 Å². The van der Waals surface area contributed by atoms with E-state index in [4.69, 9.17) is 4.98 Å². The number of thiophene rings is 1. The molecular weight excluding hydrogens is 282 g/mol. The third-order valence-corrected chi connectivity index (χ3v) is 4.81. The highest BCUT2D eigenvalue weighted by atomic mass is 32.1. The minimum Gasteiger partial charge on any atom is -0.391 e. The molecule has 1 fully saturated rings. The number of rotatable bonds is 2. The van der Waals surface area contributed by atoms with Crippen LogP contribution in [0.1, 0.15) is 6.42 Å². The van der Waals surface area contributed by atoms with Gasteiger partial charge in [-0.3, -0.25) is 0 Å². The topological polar surface area (TPSA) is 49.2 Å². The summed E-state index contributed by atoms with van der Waals surface area (Å²) in [5.74, 6) is 1.65. The minimum atomic E-state index is -0.246. The number of fused-ring (bicyclic) bond motifs is 1. The maximum absolute atomic E-state index is 9.68. The van der Waals surface area contributed by atoms with Crippen molar-refractivity contribution in [1.82, 2.24) is 9.97 Å². The standard InChI is InChI=1S/C16H15N3OS/c20-12-5-8-19(10-12)14-4-7-17-16(18-14)13-3-1-2-11-6-9-21-15(11)13/h1-4,6-7,9,12,20H,5,8,10H2. The van der Waals surface area contributed by atoms with Crippen molar-refractivity contribution >= 4 is 27.2 Å². The van der Waals surface area contributed by atoms with Crippen molar-refractivity contribution in [2.24, 2.45) is 0 Å². The molecule has 0 spiro atoms. The van der Waals surface area contributed by atoms with Crippen LogP contribution in [0.15, 0.2) is 41.9 Å². The summed E-state index contributed by atoms with van der Waals surface area (Å²) in [4.78, 5) is 11.3. The van der Waals surface area contributed by atoms with Crippen molar-refractivity contribution in [3.63, 3.8) is 0 Å². The minimum absolute atomic E-state index is 0.246. The number of β-amino-alcohol motifs (C(OH)–C–C–N with tert-alkyl or cyclic N) is 1. The summed E-state index contributed by atoms with van der Waals surface area (Å²) >= 11 is 1.71. The van der Waals surface area contributed by atoms with Crippen LogP contribution in [0.4, 0.5) is 5.82 Å². The van der Waals surface area contributed by atoms with Gasteiger partial charge in [0.1, 0.15) is 5.82 Å². The van der Waals surface area contributed by atoms with Crippen molar-refractivity contribution in [2.75, 3.05) is 18.0 Å². The van der Waals surface area contributed by atoms with Crippen LogP contribution in [0.5, 0.6) is 0 Å². The molecule has 4 rings (SSSR count). The van der Waals surface area contributed by atoms with E-state index in [-0.39, 0.29) is 6.10 Å². The molecule has 106 valence electrons. The Balaban J connectivity index is 1.77. The smallest absolute Gasteiger partial charge is 0.162 e. The molecular formula is C16H15N3OS. The molecule has 3 aromatic rings. The van der Waals surface area contributed by atoms with Gasteiger partial charge < -0.3 is 10.0 Å². The van der Waals surface area contributed by atoms with Gasteiger partial charge in [-0.1, -0.05) is 12.1 Å². The summed E-state index contributed by atoms with van der Waals surface area (Å²) in [6, 6.07) is 10.2. The summed E-state index contributed by atoms with van der Waals surface area (Å²) in [7, 11) is 0. The molecule has 1 aliphatic heterocycles. The first-order chi connectivity index (χ1) is 10.3. The molecule has 1 unspecified atom stereocenters. The monoisotopic (exact) mass is 297 g/mol. The normalized spacial score (nSPS) is 18.5. The van der Waals surface area contributed by atoms with Gasteiger partial charge in [-0.2, -0.15) is 0 Å². The molecule has 1 N–H and O–H groups in total. The van der Waals surface area contributed by atoms with Crippen molar-refractivity contribution in [3.05, 3.63) is 41.9 Å². The van der Waals surface area contributed by atoms with Crippen LogP contribution in [0.2, 0.25) is 0 Å². The van der Waals surface area contributed by atoms with Gasteiger partial charge in [0.2, 0.25) is 0 Å². The Bertz CT molecular complexity index is 786. The summed E-state index contributed by atoms with van der Waals surface area (Å²) in [5.41, 5.74) is 1.07. The quantitative estimate of drug-likeness (QED) is 0.790. The van der Waals surface area contributed by atoms with E-state index in [9.17, 15) is 5.11 Å². The van der Waals surface area contributed by atoms with Gasteiger partial charge in [-0.25, -0.2) is 9.97 Å². The Morgan fingerprint density at radius 1 is 1.24 bits per heavy atom. The van der Waals surface area contributed by atoms with Gasteiger partial charge >= 0.3 is 0 Å². The second kappa shape index (κ2) is 5.09. The number of benzene rings is 1. The van der Waals surface area contributed by atoms with Crippen LogP contribution < -0.4 is 4.90 Å².